The third-order valence-electron chi connectivity index (χ3n) is 2.37. The van der Waals surface area contributed by atoms with E-state index in [0.29, 0.717) is 24.4 Å². The number of hydrogen-bond donors (Lipinski definition) is 2. The summed E-state index contributed by atoms with van der Waals surface area (Å²) in [6, 6.07) is 3.54. The van der Waals surface area contributed by atoms with Crippen molar-refractivity contribution in [1.29, 1.82) is 0 Å². The molecule has 1 rings (SSSR count). The van der Waals surface area contributed by atoms with Gasteiger partial charge in [0, 0.05) is 13.7 Å². The van der Waals surface area contributed by atoms with Crippen molar-refractivity contribution >= 4 is 0 Å². The summed E-state index contributed by atoms with van der Waals surface area (Å²) in [5.74, 6) is 1.23. The second-order valence-corrected chi connectivity index (χ2v) is 3.50. The number of aliphatic hydroxyl groups is 2. The molecule has 0 aliphatic rings. The summed E-state index contributed by atoms with van der Waals surface area (Å²) in [5, 5.41) is 18.3. The lowest BCUT2D eigenvalue weighted by Crippen LogP contribution is -1.97. The first-order chi connectivity index (χ1) is 7.19. The van der Waals surface area contributed by atoms with Gasteiger partial charge in [0.15, 0.2) is 0 Å². The van der Waals surface area contributed by atoms with Gasteiger partial charge in [0.1, 0.15) is 23.7 Å². The van der Waals surface area contributed by atoms with Crippen LogP contribution >= 0.6 is 0 Å². The Bertz CT molecular complexity index is 282. The number of furan rings is 1. The molecule has 0 spiro atoms. The van der Waals surface area contributed by atoms with Gasteiger partial charge in [-0.1, -0.05) is 0 Å². The molecule has 4 nitrogen and oxygen atoms in total. The van der Waals surface area contributed by atoms with E-state index in [2.05, 4.69) is 0 Å². The van der Waals surface area contributed by atoms with E-state index >= 15 is 0 Å². The Morgan fingerprint density at radius 3 is 2.67 bits per heavy atom. The Morgan fingerprint density at radius 1 is 1.40 bits per heavy atom. The van der Waals surface area contributed by atoms with Crippen molar-refractivity contribution in [2.45, 2.75) is 32.0 Å². The second kappa shape index (κ2) is 5.90. The number of hydrogen-bond acceptors (Lipinski definition) is 4. The minimum Gasteiger partial charge on any atom is -0.461 e. The Kier molecular flexibility index (Phi) is 4.81. The summed E-state index contributed by atoms with van der Waals surface area (Å²) in [5.41, 5.74) is 0. The number of ether oxygens (including phenoxy) is 1. The highest BCUT2D eigenvalue weighted by Gasteiger charge is 2.14. The predicted octanol–water partition coefficient (Wildman–Crippen LogP) is 1.79. The first kappa shape index (κ1) is 12.2. The fraction of sp³-hybridized carbons (Fsp3) is 0.636. The third kappa shape index (κ3) is 3.34. The average Bonchev–Trinajstić information content (AvgIpc) is 2.74. The topological polar surface area (TPSA) is 62.8 Å². The van der Waals surface area contributed by atoms with Gasteiger partial charge in [0.25, 0.3) is 0 Å². The maximum Gasteiger partial charge on any atom is 0.132 e. The molecule has 1 aromatic heterocycles. The highest BCUT2D eigenvalue weighted by molar-refractivity contribution is 5.11. The standard InChI is InChI=1S/C11H18O4/c1-8(14-2)10-5-6-11(15-10)9(13)4-3-7-12/h5-6,8-9,12-13H,3-4,7H2,1-2H3/t8-,9+/m0/s1. The van der Waals surface area contributed by atoms with Crippen LogP contribution in [0.1, 0.15) is 43.5 Å². The van der Waals surface area contributed by atoms with Crippen LogP contribution in [0.4, 0.5) is 0 Å². The van der Waals surface area contributed by atoms with Crippen LogP contribution in [-0.4, -0.2) is 23.9 Å². The predicted molar refractivity (Wildman–Crippen MR) is 55.4 cm³/mol. The normalized spacial score (nSPS) is 15.2. The van der Waals surface area contributed by atoms with Crippen LogP contribution in [0.25, 0.3) is 0 Å². The summed E-state index contributed by atoms with van der Waals surface area (Å²) in [4.78, 5) is 0. The molecule has 2 N–H and O–H groups in total. The molecule has 0 bridgehead atoms. The SMILES string of the molecule is CO[C@@H](C)c1ccc([C@H](O)CCCO)o1. The summed E-state index contributed by atoms with van der Waals surface area (Å²) in [6.07, 6.45) is 0.320. The lowest BCUT2D eigenvalue weighted by Gasteiger charge is -2.08. The van der Waals surface area contributed by atoms with Gasteiger partial charge in [-0.15, -0.1) is 0 Å². The first-order valence-corrected chi connectivity index (χ1v) is 5.10. The van der Waals surface area contributed by atoms with Crippen molar-refractivity contribution in [2.24, 2.45) is 0 Å². The molecule has 86 valence electrons. The molecule has 15 heavy (non-hydrogen) atoms. The molecule has 0 radical (unpaired) electrons. The molecular weight excluding hydrogens is 196 g/mol. The second-order valence-electron chi connectivity index (χ2n) is 3.50. The van der Waals surface area contributed by atoms with E-state index < -0.39 is 6.10 Å². The molecule has 0 aliphatic carbocycles. The van der Waals surface area contributed by atoms with Crippen molar-refractivity contribution < 1.29 is 19.4 Å². The van der Waals surface area contributed by atoms with E-state index in [1.165, 1.54) is 0 Å². The molecule has 0 unspecified atom stereocenters. The maximum atomic E-state index is 9.67. The fourth-order valence-corrected chi connectivity index (χ4v) is 1.31. The van der Waals surface area contributed by atoms with E-state index in [0.717, 1.165) is 0 Å². The van der Waals surface area contributed by atoms with E-state index in [1.807, 2.05) is 6.92 Å². The maximum absolute atomic E-state index is 9.67. The lowest BCUT2D eigenvalue weighted by atomic mass is 10.1. The van der Waals surface area contributed by atoms with Crippen LogP contribution in [0.5, 0.6) is 0 Å². The Hall–Kier alpha value is -0.840. The smallest absolute Gasteiger partial charge is 0.132 e. The van der Waals surface area contributed by atoms with E-state index in [9.17, 15) is 5.11 Å². The number of methoxy groups -OCH3 is 1. The summed E-state index contributed by atoms with van der Waals surface area (Å²) < 4.78 is 10.5. The van der Waals surface area contributed by atoms with Crippen molar-refractivity contribution in [2.75, 3.05) is 13.7 Å². The number of aliphatic hydroxyl groups excluding tert-OH is 2. The summed E-state index contributed by atoms with van der Waals surface area (Å²) >= 11 is 0. The zero-order valence-corrected chi connectivity index (χ0v) is 9.14. The van der Waals surface area contributed by atoms with Crippen LogP contribution in [0.15, 0.2) is 16.5 Å². The quantitative estimate of drug-likeness (QED) is 0.757. The van der Waals surface area contributed by atoms with Crippen LogP contribution in [-0.2, 0) is 4.74 Å². The monoisotopic (exact) mass is 214 g/mol. The van der Waals surface area contributed by atoms with Gasteiger partial charge < -0.3 is 19.4 Å². The van der Waals surface area contributed by atoms with Crippen molar-refractivity contribution in [3.05, 3.63) is 23.7 Å². The molecule has 1 aromatic rings. The molecule has 1 heterocycles. The zero-order valence-electron chi connectivity index (χ0n) is 9.14. The third-order valence-corrected chi connectivity index (χ3v) is 2.37. The Morgan fingerprint density at radius 2 is 2.07 bits per heavy atom. The minimum atomic E-state index is -0.644. The van der Waals surface area contributed by atoms with Crippen molar-refractivity contribution in [1.82, 2.24) is 0 Å². The summed E-state index contributed by atoms with van der Waals surface area (Å²) in [7, 11) is 1.61. The molecule has 0 saturated carbocycles. The molecule has 0 saturated heterocycles. The molecule has 0 aliphatic heterocycles. The van der Waals surface area contributed by atoms with Crippen molar-refractivity contribution in [3.63, 3.8) is 0 Å². The van der Waals surface area contributed by atoms with Crippen molar-refractivity contribution in [3.8, 4) is 0 Å². The zero-order chi connectivity index (χ0) is 11.3. The molecule has 4 heteroatoms. The van der Waals surface area contributed by atoms with Crippen LogP contribution < -0.4 is 0 Å². The average molecular weight is 214 g/mol. The number of rotatable bonds is 6. The van der Waals surface area contributed by atoms with Gasteiger partial charge in [-0.05, 0) is 31.9 Å². The Labute approximate surface area is 89.5 Å². The van der Waals surface area contributed by atoms with Gasteiger partial charge in [-0.2, -0.15) is 0 Å². The van der Waals surface area contributed by atoms with E-state index in [-0.39, 0.29) is 12.7 Å². The van der Waals surface area contributed by atoms with Gasteiger partial charge in [0.2, 0.25) is 0 Å². The molecular formula is C11H18O4. The van der Waals surface area contributed by atoms with E-state index in [4.69, 9.17) is 14.3 Å². The molecule has 0 amide bonds. The van der Waals surface area contributed by atoms with Gasteiger partial charge in [0.05, 0.1) is 0 Å². The Balaban J connectivity index is 2.58. The highest BCUT2D eigenvalue weighted by Crippen LogP contribution is 2.25. The van der Waals surface area contributed by atoms with Gasteiger partial charge in [-0.25, -0.2) is 0 Å². The first-order valence-electron chi connectivity index (χ1n) is 5.10. The molecule has 0 aromatic carbocycles. The van der Waals surface area contributed by atoms with Crippen LogP contribution in [0.3, 0.4) is 0 Å². The van der Waals surface area contributed by atoms with Gasteiger partial charge >= 0.3 is 0 Å². The van der Waals surface area contributed by atoms with Gasteiger partial charge in [-0.3, -0.25) is 0 Å². The van der Waals surface area contributed by atoms with Crippen LogP contribution in [0.2, 0.25) is 0 Å². The molecule has 0 fully saturated rings. The molecule has 2 atom stereocenters. The summed E-state index contributed by atoms with van der Waals surface area (Å²) in [6.45, 7) is 1.96. The highest BCUT2D eigenvalue weighted by atomic mass is 16.5. The minimum absolute atomic E-state index is 0.0824. The fourth-order valence-electron chi connectivity index (χ4n) is 1.31. The lowest BCUT2D eigenvalue weighted by molar-refractivity contribution is 0.0866. The largest absolute Gasteiger partial charge is 0.461 e. The van der Waals surface area contributed by atoms with E-state index in [1.54, 1.807) is 19.2 Å². The van der Waals surface area contributed by atoms with Crippen LogP contribution in [0, 0.1) is 0 Å².